The van der Waals surface area contributed by atoms with Crippen LogP contribution in [0.3, 0.4) is 0 Å². The Morgan fingerprint density at radius 1 is 0.969 bits per heavy atom. The van der Waals surface area contributed by atoms with E-state index in [4.69, 9.17) is 28.7 Å². The van der Waals surface area contributed by atoms with Crippen LogP contribution in [-0.4, -0.2) is 16.0 Å². The molecule has 2 aromatic carbocycles. The second kappa shape index (κ2) is 14.9. The highest BCUT2D eigenvalue weighted by molar-refractivity contribution is 7.80. The number of nitrogens with one attached hydrogen (secondary N) is 1. The van der Waals surface area contributed by atoms with Crippen molar-refractivity contribution in [3.63, 3.8) is 0 Å². The minimum Gasteiger partial charge on any atom is -0.507 e. The standard InChI is InChI=1S/C26H35ClN2O2S/c1-3-4-5-6-7-8-9-10-11-12-24(23-19-20(2)13-18-25(23)30)29-31-26(32)28-22-16-14-21(27)15-17-22/h13-19,30H,3-12H2,1-2H3,(H,28,32)/b29-24+. The average molecular weight is 475 g/mol. The van der Waals surface area contributed by atoms with Gasteiger partial charge in [0.15, 0.2) is 0 Å². The van der Waals surface area contributed by atoms with E-state index in [9.17, 15) is 5.11 Å². The summed E-state index contributed by atoms with van der Waals surface area (Å²) >= 11 is 11.2. The zero-order chi connectivity index (χ0) is 23.2. The fourth-order valence-electron chi connectivity index (χ4n) is 3.48. The van der Waals surface area contributed by atoms with Crippen LogP contribution in [0.4, 0.5) is 5.69 Å². The molecule has 0 amide bonds. The van der Waals surface area contributed by atoms with Gasteiger partial charge >= 0.3 is 0 Å². The van der Waals surface area contributed by atoms with E-state index in [1.165, 1.54) is 44.9 Å². The molecule has 0 atom stereocenters. The Balaban J connectivity index is 1.91. The highest BCUT2D eigenvalue weighted by atomic mass is 35.5. The van der Waals surface area contributed by atoms with Gasteiger partial charge in [-0.15, -0.1) is 0 Å². The van der Waals surface area contributed by atoms with Crippen LogP contribution in [0, 0.1) is 6.92 Å². The summed E-state index contributed by atoms with van der Waals surface area (Å²) in [7, 11) is 0. The number of phenolic OH excluding ortho intramolecular Hbond substituents is 1. The van der Waals surface area contributed by atoms with E-state index in [0.717, 1.165) is 30.5 Å². The summed E-state index contributed by atoms with van der Waals surface area (Å²) in [5.41, 5.74) is 3.22. The lowest BCUT2D eigenvalue weighted by Crippen LogP contribution is -2.12. The lowest BCUT2D eigenvalue weighted by molar-refractivity contribution is 0.334. The fraction of sp³-hybridized carbons (Fsp3) is 0.462. The third-order valence-corrected chi connectivity index (χ3v) is 5.74. The minimum atomic E-state index is 0.143. The fourth-order valence-corrected chi connectivity index (χ4v) is 3.77. The van der Waals surface area contributed by atoms with E-state index in [0.29, 0.717) is 16.3 Å². The van der Waals surface area contributed by atoms with Crippen molar-refractivity contribution in [2.45, 2.75) is 78.1 Å². The maximum absolute atomic E-state index is 10.4. The van der Waals surface area contributed by atoms with E-state index in [1.54, 1.807) is 18.2 Å². The van der Waals surface area contributed by atoms with Crippen LogP contribution in [-0.2, 0) is 4.84 Å². The summed E-state index contributed by atoms with van der Waals surface area (Å²) in [4.78, 5) is 5.48. The molecule has 0 bridgehead atoms. The first-order valence-electron chi connectivity index (χ1n) is 11.6. The molecule has 0 aliphatic carbocycles. The molecule has 2 N–H and O–H groups in total. The van der Waals surface area contributed by atoms with E-state index in [2.05, 4.69) is 17.4 Å². The molecular formula is C26H35ClN2O2S. The quantitative estimate of drug-likeness (QED) is 0.132. The molecule has 0 heterocycles. The average Bonchev–Trinajstić information content (AvgIpc) is 2.78. The number of phenols is 1. The molecule has 0 aromatic heterocycles. The Bertz CT molecular complexity index is 869. The van der Waals surface area contributed by atoms with Crippen molar-refractivity contribution in [2.75, 3.05) is 5.32 Å². The number of rotatable bonds is 13. The van der Waals surface area contributed by atoms with Crippen molar-refractivity contribution < 1.29 is 9.94 Å². The molecule has 0 fully saturated rings. The molecule has 174 valence electrons. The monoisotopic (exact) mass is 474 g/mol. The first-order valence-corrected chi connectivity index (χ1v) is 12.4. The van der Waals surface area contributed by atoms with E-state index in [-0.39, 0.29) is 10.9 Å². The van der Waals surface area contributed by atoms with Gasteiger partial charge in [0.25, 0.3) is 5.17 Å². The SMILES string of the molecule is CCCCCCCCCCC/C(=N\OC(=S)Nc1ccc(Cl)cc1)c1cc(C)ccc1O. The van der Waals surface area contributed by atoms with Crippen molar-refractivity contribution in [2.24, 2.45) is 5.16 Å². The minimum absolute atomic E-state index is 0.143. The van der Waals surface area contributed by atoms with Crippen molar-refractivity contribution in [1.29, 1.82) is 0 Å². The smallest absolute Gasteiger partial charge is 0.293 e. The number of nitrogens with zero attached hydrogens (tertiary/aromatic N) is 1. The maximum atomic E-state index is 10.4. The van der Waals surface area contributed by atoms with Crippen molar-refractivity contribution in [1.82, 2.24) is 0 Å². The molecule has 2 aromatic rings. The molecule has 0 aliphatic heterocycles. The predicted molar refractivity (Wildman–Crippen MR) is 140 cm³/mol. The summed E-state index contributed by atoms with van der Waals surface area (Å²) in [6.07, 6.45) is 12.0. The molecule has 2 rings (SSSR count). The molecule has 0 unspecified atom stereocenters. The second-order valence-corrected chi connectivity index (χ2v) is 8.95. The highest BCUT2D eigenvalue weighted by Crippen LogP contribution is 2.22. The number of anilines is 1. The van der Waals surface area contributed by atoms with Crippen LogP contribution in [0.1, 0.15) is 82.3 Å². The van der Waals surface area contributed by atoms with Crippen LogP contribution in [0.15, 0.2) is 47.6 Å². The number of aromatic hydroxyl groups is 1. The zero-order valence-corrected chi connectivity index (χ0v) is 20.8. The number of oxime groups is 1. The second-order valence-electron chi connectivity index (χ2n) is 8.15. The summed E-state index contributed by atoms with van der Waals surface area (Å²) in [5, 5.41) is 18.5. The molecule has 0 radical (unpaired) electrons. The Labute approximate surface area is 203 Å². The molecule has 32 heavy (non-hydrogen) atoms. The predicted octanol–water partition coefficient (Wildman–Crippen LogP) is 8.39. The van der Waals surface area contributed by atoms with E-state index < -0.39 is 0 Å². The van der Waals surface area contributed by atoms with Gasteiger partial charge in [0.05, 0.1) is 5.71 Å². The lowest BCUT2D eigenvalue weighted by Gasteiger charge is -2.11. The summed E-state index contributed by atoms with van der Waals surface area (Å²) < 4.78 is 0. The Kier molecular flexibility index (Phi) is 12.1. The Morgan fingerprint density at radius 2 is 1.59 bits per heavy atom. The highest BCUT2D eigenvalue weighted by Gasteiger charge is 2.11. The molecule has 0 spiro atoms. The van der Waals surface area contributed by atoms with E-state index >= 15 is 0 Å². The molecule has 0 aliphatic rings. The lowest BCUT2D eigenvalue weighted by atomic mass is 10.00. The summed E-state index contributed by atoms with van der Waals surface area (Å²) in [5.74, 6) is 0.199. The van der Waals surface area contributed by atoms with Gasteiger partial charge in [0, 0.05) is 16.3 Å². The maximum Gasteiger partial charge on any atom is 0.293 e. The number of unbranched alkanes of at least 4 members (excludes halogenated alkanes) is 8. The third kappa shape index (κ3) is 10.0. The zero-order valence-electron chi connectivity index (χ0n) is 19.2. The normalized spacial score (nSPS) is 11.4. The number of thiocarbonyl (C=S) groups is 1. The first kappa shape index (κ1) is 26.1. The summed E-state index contributed by atoms with van der Waals surface area (Å²) in [6, 6.07) is 12.7. The van der Waals surface area contributed by atoms with Gasteiger partial charge in [0.2, 0.25) is 0 Å². The van der Waals surface area contributed by atoms with Crippen LogP contribution in [0.2, 0.25) is 5.02 Å². The molecule has 0 saturated carbocycles. The van der Waals surface area contributed by atoms with E-state index in [1.807, 2.05) is 31.2 Å². The summed E-state index contributed by atoms with van der Waals surface area (Å²) in [6.45, 7) is 4.24. The third-order valence-electron chi connectivity index (χ3n) is 5.31. The molecule has 4 nitrogen and oxygen atoms in total. The van der Waals surface area contributed by atoms with Crippen molar-refractivity contribution >= 4 is 40.4 Å². The van der Waals surface area contributed by atoms with Gasteiger partial charge < -0.3 is 15.3 Å². The number of hydrogen-bond acceptors (Lipinski definition) is 4. The van der Waals surface area contributed by atoms with Crippen LogP contribution < -0.4 is 5.32 Å². The molecule has 6 heteroatoms. The largest absolute Gasteiger partial charge is 0.507 e. The van der Waals surface area contributed by atoms with Crippen LogP contribution in [0.5, 0.6) is 5.75 Å². The number of halogens is 1. The van der Waals surface area contributed by atoms with Gasteiger partial charge in [-0.05, 0) is 68.4 Å². The number of hydrogen-bond donors (Lipinski definition) is 2. The molecular weight excluding hydrogens is 440 g/mol. The van der Waals surface area contributed by atoms with Crippen molar-refractivity contribution in [3.8, 4) is 5.75 Å². The number of benzene rings is 2. The van der Waals surface area contributed by atoms with Gasteiger partial charge in [-0.3, -0.25) is 0 Å². The van der Waals surface area contributed by atoms with Gasteiger partial charge in [-0.25, -0.2) is 0 Å². The van der Waals surface area contributed by atoms with Gasteiger partial charge in [0.1, 0.15) is 5.75 Å². The Morgan fingerprint density at radius 3 is 2.25 bits per heavy atom. The Hall–Kier alpha value is -2.11. The van der Waals surface area contributed by atoms with Gasteiger partial charge in [-0.1, -0.05) is 86.7 Å². The van der Waals surface area contributed by atoms with Crippen molar-refractivity contribution in [3.05, 3.63) is 58.6 Å². The van der Waals surface area contributed by atoms with Crippen LogP contribution >= 0.6 is 23.8 Å². The van der Waals surface area contributed by atoms with Gasteiger partial charge in [-0.2, -0.15) is 0 Å². The topological polar surface area (TPSA) is 53.8 Å². The van der Waals surface area contributed by atoms with Crippen LogP contribution in [0.25, 0.3) is 0 Å². The molecule has 0 saturated heterocycles. The number of aryl methyl sites for hydroxylation is 1. The first-order chi connectivity index (χ1) is 15.5.